The zero-order valence-electron chi connectivity index (χ0n) is 57.0. The van der Waals surface area contributed by atoms with E-state index in [1.54, 1.807) is 30.3 Å². The van der Waals surface area contributed by atoms with Gasteiger partial charge in [-0.15, -0.1) is 6.58 Å². The number of phenolic OH excluding ortho intramolecular Hbond substituents is 2. The van der Waals surface area contributed by atoms with Crippen LogP contribution in [-0.4, -0.2) is 220 Å². The maximum atomic E-state index is 15.1. The van der Waals surface area contributed by atoms with Crippen molar-refractivity contribution in [1.29, 1.82) is 0 Å². The lowest BCUT2D eigenvalue weighted by Crippen LogP contribution is -2.67. The van der Waals surface area contributed by atoms with Crippen molar-refractivity contribution in [2.45, 2.75) is 163 Å². The number of hydrogen-bond donors (Lipinski definition) is 20. The highest BCUT2D eigenvalue weighted by Crippen LogP contribution is 2.19. The molecular formula is C66H93N17O19. The van der Waals surface area contributed by atoms with Gasteiger partial charge in [-0.2, -0.15) is 0 Å². The van der Waals surface area contributed by atoms with Gasteiger partial charge in [-0.3, -0.25) is 76.7 Å². The molecule has 0 aliphatic carbocycles. The summed E-state index contributed by atoms with van der Waals surface area (Å²) in [5.74, 6) is -21.3. The number of aromatic hydroxyl groups is 2. The molecule has 102 heavy (non-hydrogen) atoms. The molecule has 0 spiro atoms. The summed E-state index contributed by atoms with van der Waals surface area (Å²) < 4.78 is 0. The summed E-state index contributed by atoms with van der Waals surface area (Å²) in [7, 11) is 2.41. The van der Waals surface area contributed by atoms with Gasteiger partial charge in [-0.25, -0.2) is 0 Å². The summed E-state index contributed by atoms with van der Waals surface area (Å²) in [4.78, 5) is 223. The number of ketones is 6. The molecule has 14 atom stereocenters. The van der Waals surface area contributed by atoms with Crippen molar-refractivity contribution < 1.29 is 92.0 Å². The summed E-state index contributed by atoms with van der Waals surface area (Å²) in [6, 6.07) is -6.76. The molecule has 0 saturated carbocycles. The third-order valence-electron chi connectivity index (χ3n) is 16.0. The fourth-order valence-electron chi connectivity index (χ4n) is 9.86. The van der Waals surface area contributed by atoms with Crippen molar-refractivity contribution >= 4 is 93.8 Å². The van der Waals surface area contributed by atoms with Crippen LogP contribution in [0.2, 0.25) is 0 Å². The van der Waals surface area contributed by atoms with Gasteiger partial charge in [0.15, 0.2) is 58.9 Å². The Labute approximate surface area is 586 Å². The number of carbonyl (C=O) groups excluding carboxylic acids is 15. The lowest BCUT2D eigenvalue weighted by Gasteiger charge is -2.34. The molecule has 0 fully saturated rings. The minimum atomic E-state index is -2.76. The zero-order valence-corrected chi connectivity index (χ0v) is 57.0. The van der Waals surface area contributed by atoms with E-state index in [0.29, 0.717) is 16.7 Å². The molecular weight excluding hydrogens is 1330 g/mol. The minimum Gasteiger partial charge on any atom is -0.508 e. The molecule has 36 nitrogen and oxygen atoms in total. The predicted octanol–water partition coefficient (Wildman–Crippen LogP) is -7.65. The summed E-state index contributed by atoms with van der Waals surface area (Å²) in [5.41, 5.74) is 41.2. The van der Waals surface area contributed by atoms with Gasteiger partial charge >= 0.3 is 5.97 Å². The number of nitrogens with two attached hydrogens (primary N) is 7. The van der Waals surface area contributed by atoms with Gasteiger partial charge in [0, 0.05) is 26.4 Å². The molecule has 0 bridgehead atoms. The van der Waals surface area contributed by atoms with E-state index in [1.807, 2.05) is 5.32 Å². The number of hydrogen-bond acceptors (Lipinski definition) is 26. The average Bonchev–Trinajstić information content (AvgIpc) is 0.818. The van der Waals surface area contributed by atoms with E-state index >= 15 is 14.4 Å². The number of nitrogens with one attached hydrogen (secondary N) is 10. The Kier molecular flexibility index (Phi) is 34.6. The second-order valence-electron chi connectivity index (χ2n) is 24.4. The summed E-state index contributed by atoms with van der Waals surface area (Å²) in [5, 5.41) is 52.0. The number of carboxylic acid groups (broad SMARTS) is 1. The smallest absolute Gasteiger partial charge is 0.305 e. The fourth-order valence-corrected chi connectivity index (χ4v) is 9.86. The number of carbonyl (C=O) groups is 16. The van der Waals surface area contributed by atoms with E-state index in [9.17, 15) is 77.6 Å². The molecule has 3 rings (SSSR count). The van der Waals surface area contributed by atoms with E-state index in [1.165, 1.54) is 82.4 Å². The lowest BCUT2D eigenvalue weighted by atomic mass is 9.91. The highest BCUT2D eigenvalue weighted by atomic mass is 16.4. The van der Waals surface area contributed by atoms with Crippen LogP contribution in [0.3, 0.4) is 0 Å². The van der Waals surface area contributed by atoms with E-state index in [0.717, 1.165) is 7.05 Å². The molecule has 556 valence electrons. The quantitative estimate of drug-likeness (QED) is 0.0142. The third-order valence-corrected chi connectivity index (χ3v) is 16.0. The molecule has 9 amide bonds. The van der Waals surface area contributed by atoms with Crippen molar-refractivity contribution in [1.82, 2.24) is 53.2 Å². The molecule has 0 aromatic heterocycles. The second-order valence-corrected chi connectivity index (χ2v) is 24.4. The summed E-state index contributed by atoms with van der Waals surface area (Å²) >= 11 is 0. The zero-order chi connectivity index (χ0) is 76.9. The number of primary amides is 1. The van der Waals surface area contributed by atoms with Gasteiger partial charge in [0.25, 0.3) is 17.7 Å². The van der Waals surface area contributed by atoms with Gasteiger partial charge in [0.1, 0.15) is 23.6 Å². The molecule has 0 aliphatic heterocycles. The Balaban J connectivity index is 2.27. The molecule has 0 aliphatic rings. The molecule has 36 heteroatoms. The maximum Gasteiger partial charge on any atom is 0.305 e. The van der Waals surface area contributed by atoms with Crippen molar-refractivity contribution in [3.8, 4) is 11.5 Å². The van der Waals surface area contributed by atoms with Crippen LogP contribution in [-0.2, 0) is 96.0 Å². The lowest BCUT2D eigenvalue weighted by molar-refractivity contribution is -0.143. The van der Waals surface area contributed by atoms with Crippen LogP contribution in [0.4, 0.5) is 0 Å². The number of allylic oxidation sites excluding steroid dienone is 1. The number of phenols is 2. The Morgan fingerprint density at radius 1 is 0.510 bits per heavy atom. The van der Waals surface area contributed by atoms with E-state index < -0.39 is 217 Å². The summed E-state index contributed by atoms with van der Waals surface area (Å²) in [6.45, 7) is 6.05. The van der Waals surface area contributed by atoms with Crippen molar-refractivity contribution in [3.63, 3.8) is 0 Å². The Morgan fingerprint density at radius 3 is 1.38 bits per heavy atom. The summed E-state index contributed by atoms with van der Waals surface area (Å²) in [6.07, 6.45) is -2.56. The van der Waals surface area contributed by atoms with Crippen LogP contribution in [0.15, 0.2) is 91.5 Å². The molecule has 3 aromatic carbocycles. The minimum absolute atomic E-state index is 0.0878. The third kappa shape index (κ3) is 27.2. The van der Waals surface area contributed by atoms with Crippen LogP contribution in [0.5, 0.6) is 11.5 Å². The van der Waals surface area contributed by atoms with E-state index in [4.69, 9.17) is 40.1 Å². The van der Waals surface area contributed by atoms with Crippen LogP contribution < -0.4 is 93.3 Å². The van der Waals surface area contributed by atoms with E-state index in [2.05, 4.69) is 54.4 Å². The fraction of sp³-hybridized carbons (Fsp3) is 0.455. The number of benzene rings is 3. The first kappa shape index (κ1) is 85.6. The SMILES string of the molecule is C=CCCC[C@](C)(NCC(NC(=O)CNC(=O)C(C)N)C(=O)[C@@H](N)CC(=O)O)C(=O)NC(C(=O)NC(C(=O)NC(CC(=O)[C@H](C)NC)C(=O)NC(C(=O)NC(C(=O)NC)C(=O)[C@@H](N)Cc1ccc(O)cc1)C(=O)[C@@H](N)Cc1ccc(O)cc1)C(=O)[C@@H](N)CC(N)=O)C(=O)[C@@H](N)Cc1ccccc1. The van der Waals surface area contributed by atoms with Gasteiger partial charge in [-0.05, 0) is 107 Å². The number of aliphatic carboxylic acids is 1. The van der Waals surface area contributed by atoms with Crippen molar-refractivity contribution in [2.24, 2.45) is 40.1 Å². The molecule has 0 radical (unpaired) electrons. The molecule has 27 N–H and O–H groups in total. The van der Waals surface area contributed by atoms with Crippen molar-refractivity contribution in [2.75, 3.05) is 27.2 Å². The van der Waals surface area contributed by atoms with Crippen LogP contribution in [0, 0.1) is 0 Å². The first-order chi connectivity index (χ1) is 47.9. The van der Waals surface area contributed by atoms with Crippen LogP contribution >= 0.6 is 0 Å². The van der Waals surface area contributed by atoms with Gasteiger partial charge in [-0.1, -0.05) is 60.7 Å². The highest BCUT2D eigenvalue weighted by Gasteiger charge is 2.45. The first-order valence-corrected chi connectivity index (χ1v) is 32.1. The Morgan fingerprint density at radius 2 is 0.941 bits per heavy atom. The normalized spacial score (nSPS) is 15.5. The largest absolute Gasteiger partial charge is 0.508 e. The standard InChI is InChI=1S/C66H93N17O19/c1-7-8-12-23-66(4,77-30-45(54(91)43(72)28-49(89)90)78-48(88)31-76-59(96)32(2)67)65(102)83-53(57(94)39(68)24-34-13-10-9-11-14-34)64(101)82-51(58(95)42(71)27-47(73)87)62(99)79-44(29-46(86)33(3)74-5)60(97)80-52(56(93)41(70)26-36-17-21-38(85)22-18-36)63(100)81-50(61(98)75-6)55(92)40(69)25-35-15-19-37(84)20-16-35/h7,9-11,13-22,32-33,39-45,50-53,74,77,84-85H,1,8,12,23-31,67-72H2,2-6H3,(H2,73,87)(H,75,98)(H,76,96)(H,78,88)(H,79,99)(H,80,97)(H,81,100)(H,82,101)(H,83,102)(H,89,90)/t32?,33-,39-,40-,41-,42-,43-,44?,45?,50?,51?,52?,53?,66-/m0/s1. The number of likely N-dealkylation sites (N-methyl/N-ethyl adjacent to an activating group) is 2. The Hall–Kier alpha value is -10.6. The number of unbranched alkanes of at least 4 members (excludes halogenated alkanes) is 1. The predicted molar refractivity (Wildman–Crippen MR) is 366 cm³/mol. The molecule has 7 unspecified atom stereocenters. The molecule has 0 heterocycles. The first-order valence-electron chi connectivity index (χ1n) is 32.1. The number of rotatable bonds is 46. The highest BCUT2D eigenvalue weighted by molar-refractivity contribution is 6.17. The number of Topliss-reactive ketones (excluding diaryl/α,β-unsaturated/α-hetero) is 6. The van der Waals surface area contributed by atoms with Crippen LogP contribution in [0.1, 0.15) is 76.0 Å². The second kappa shape index (κ2) is 41.2. The Bertz CT molecular complexity index is 3530. The van der Waals surface area contributed by atoms with Crippen molar-refractivity contribution in [3.05, 3.63) is 108 Å². The van der Waals surface area contributed by atoms with Crippen LogP contribution in [0.25, 0.3) is 0 Å². The van der Waals surface area contributed by atoms with Gasteiger partial charge in [0.05, 0.1) is 60.8 Å². The topological polar surface area (TPSA) is 636 Å². The molecule has 0 saturated heterocycles. The number of carboxylic acids is 1. The van der Waals surface area contributed by atoms with Gasteiger partial charge < -0.3 is 109 Å². The monoisotopic (exact) mass is 1430 g/mol. The average molecular weight is 1430 g/mol. The molecule has 3 aromatic rings. The van der Waals surface area contributed by atoms with Gasteiger partial charge in [0.2, 0.25) is 35.4 Å². The van der Waals surface area contributed by atoms with E-state index in [-0.39, 0.29) is 43.6 Å². The maximum absolute atomic E-state index is 15.1. The number of amides is 9.